The molecule has 0 radical (unpaired) electrons. The zero-order valence-electron chi connectivity index (χ0n) is 15.4. The number of hydrogen-bond donors (Lipinski definition) is 4. The molecule has 0 bridgehead atoms. The Hall–Kier alpha value is -3.88. The molecule has 4 N–H and O–H groups in total. The van der Waals surface area contributed by atoms with Crippen LogP contribution in [0.4, 0.5) is 21.9 Å². The summed E-state index contributed by atoms with van der Waals surface area (Å²) >= 11 is 0. The standard InChI is InChI=1S/C19H20N6O3/c1-12-18(27)25(15-6-4-3-5-7-15)24-16(21-12)17(26)22-13-8-10-14(11-9-13)23-19(28)20-2/h3-12H,1-2H3,(H,21,24)(H,22,26)(H2,20,23,28)/t12-/m1/s1. The van der Waals surface area contributed by atoms with E-state index in [0.29, 0.717) is 17.1 Å². The van der Waals surface area contributed by atoms with Crippen LogP contribution in [0.15, 0.2) is 59.6 Å². The van der Waals surface area contributed by atoms with E-state index in [1.165, 1.54) is 12.1 Å². The van der Waals surface area contributed by atoms with E-state index < -0.39 is 11.9 Å². The molecule has 2 aromatic carbocycles. The Morgan fingerprint density at radius 1 is 1.00 bits per heavy atom. The molecule has 1 aliphatic heterocycles. The molecule has 28 heavy (non-hydrogen) atoms. The lowest BCUT2D eigenvalue weighted by Gasteiger charge is -2.30. The van der Waals surface area contributed by atoms with E-state index in [9.17, 15) is 14.4 Å². The fourth-order valence-electron chi connectivity index (χ4n) is 2.52. The van der Waals surface area contributed by atoms with Gasteiger partial charge in [0.05, 0.1) is 5.69 Å². The summed E-state index contributed by atoms with van der Waals surface area (Å²) in [5.41, 5.74) is 4.49. The number of benzene rings is 2. The Bertz CT molecular complexity index is 911. The van der Waals surface area contributed by atoms with Crippen LogP contribution in [-0.2, 0) is 9.59 Å². The minimum absolute atomic E-state index is 0.0310. The molecule has 9 heteroatoms. The first-order chi connectivity index (χ1) is 13.5. The summed E-state index contributed by atoms with van der Waals surface area (Å²) in [4.78, 5) is 40.4. The van der Waals surface area contributed by atoms with E-state index in [1.807, 2.05) is 6.07 Å². The summed E-state index contributed by atoms with van der Waals surface area (Å²) in [6.07, 6.45) is 0. The first-order valence-electron chi connectivity index (χ1n) is 8.61. The second-order valence-electron chi connectivity index (χ2n) is 6.01. The van der Waals surface area contributed by atoms with Crippen LogP contribution >= 0.6 is 0 Å². The highest BCUT2D eigenvalue weighted by Gasteiger charge is 2.30. The van der Waals surface area contributed by atoms with Gasteiger partial charge in [-0.15, -0.1) is 0 Å². The Morgan fingerprint density at radius 2 is 1.61 bits per heavy atom. The lowest BCUT2D eigenvalue weighted by atomic mass is 10.2. The van der Waals surface area contributed by atoms with Crippen molar-refractivity contribution >= 4 is 40.7 Å². The zero-order valence-corrected chi connectivity index (χ0v) is 15.4. The smallest absolute Gasteiger partial charge is 0.318 e. The number of nitrogens with zero attached hydrogens (tertiary/aromatic N) is 2. The third kappa shape index (κ3) is 4.26. The number of nitrogens with one attached hydrogen (secondary N) is 4. The van der Waals surface area contributed by atoms with Crippen molar-refractivity contribution in [2.45, 2.75) is 13.0 Å². The van der Waals surface area contributed by atoms with Gasteiger partial charge in [0.1, 0.15) is 6.04 Å². The minimum Gasteiger partial charge on any atom is -0.341 e. The number of carbonyl (C=O) groups is 3. The van der Waals surface area contributed by atoms with E-state index >= 15 is 0 Å². The molecule has 0 saturated heterocycles. The normalized spacial score (nSPS) is 15.9. The predicted molar refractivity (Wildman–Crippen MR) is 107 cm³/mol. The van der Waals surface area contributed by atoms with Gasteiger partial charge in [-0.1, -0.05) is 18.2 Å². The maximum Gasteiger partial charge on any atom is 0.318 e. The van der Waals surface area contributed by atoms with E-state index in [-0.39, 0.29) is 17.8 Å². The Morgan fingerprint density at radius 3 is 2.21 bits per heavy atom. The van der Waals surface area contributed by atoms with E-state index in [2.05, 4.69) is 26.4 Å². The van der Waals surface area contributed by atoms with Crippen LogP contribution in [0.2, 0.25) is 0 Å². The van der Waals surface area contributed by atoms with Crippen LogP contribution in [0.5, 0.6) is 0 Å². The van der Waals surface area contributed by atoms with Crippen LogP contribution in [0.3, 0.4) is 0 Å². The molecule has 3 rings (SSSR count). The van der Waals surface area contributed by atoms with Gasteiger partial charge in [0.15, 0.2) is 0 Å². The minimum atomic E-state index is -0.693. The van der Waals surface area contributed by atoms with Gasteiger partial charge in [-0.05, 0) is 43.3 Å². The van der Waals surface area contributed by atoms with Crippen LogP contribution in [0, 0.1) is 0 Å². The quantitative estimate of drug-likeness (QED) is 0.646. The highest BCUT2D eigenvalue weighted by atomic mass is 16.2. The monoisotopic (exact) mass is 380 g/mol. The molecule has 0 aliphatic carbocycles. The van der Waals surface area contributed by atoms with Crippen molar-refractivity contribution in [1.82, 2.24) is 10.7 Å². The molecule has 4 amide bonds. The van der Waals surface area contributed by atoms with Crippen molar-refractivity contribution in [3.63, 3.8) is 0 Å². The highest BCUT2D eigenvalue weighted by Crippen LogP contribution is 2.17. The molecule has 0 spiro atoms. The molecule has 0 fully saturated rings. The average Bonchev–Trinajstić information content (AvgIpc) is 2.71. The van der Waals surface area contributed by atoms with Crippen molar-refractivity contribution in [2.24, 2.45) is 4.99 Å². The summed E-state index contributed by atoms with van der Waals surface area (Å²) in [7, 11) is 1.52. The molecule has 1 atom stereocenters. The van der Waals surface area contributed by atoms with Gasteiger partial charge in [-0.25, -0.2) is 14.8 Å². The van der Waals surface area contributed by atoms with Gasteiger partial charge in [-0.3, -0.25) is 15.0 Å². The second-order valence-corrected chi connectivity index (χ2v) is 6.01. The number of amides is 4. The highest BCUT2D eigenvalue weighted by molar-refractivity contribution is 6.43. The average molecular weight is 380 g/mol. The third-order valence-electron chi connectivity index (χ3n) is 3.98. The van der Waals surface area contributed by atoms with Crippen LogP contribution in [0.25, 0.3) is 0 Å². The molecule has 1 heterocycles. The number of carbonyl (C=O) groups excluding carboxylic acids is 3. The number of hydrazine groups is 1. The summed E-state index contributed by atoms with van der Waals surface area (Å²) in [5.74, 6) is -0.705. The molecular formula is C19H20N6O3. The van der Waals surface area contributed by atoms with Gasteiger partial charge in [0.25, 0.3) is 11.8 Å². The Balaban J connectivity index is 1.70. The number of urea groups is 1. The Labute approximate surface area is 161 Å². The number of para-hydroxylation sites is 1. The molecule has 0 aromatic heterocycles. The first-order valence-corrected chi connectivity index (χ1v) is 8.61. The van der Waals surface area contributed by atoms with Crippen LogP contribution < -0.4 is 26.4 Å². The summed E-state index contributed by atoms with van der Waals surface area (Å²) < 4.78 is 0. The molecule has 0 saturated carbocycles. The summed E-state index contributed by atoms with van der Waals surface area (Å²) in [5, 5.41) is 9.10. The first kappa shape index (κ1) is 18.9. The maximum absolute atomic E-state index is 12.6. The van der Waals surface area contributed by atoms with E-state index in [1.54, 1.807) is 55.5 Å². The molecule has 9 nitrogen and oxygen atoms in total. The number of anilines is 3. The van der Waals surface area contributed by atoms with Crippen molar-refractivity contribution in [3.8, 4) is 0 Å². The second kappa shape index (κ2) is 8.21. The van der Waals surface area contributed by atoms with Crippen molar-refractivity contribution in [3.05, 3.63) is 54.6 Å². The van der Waals surface area contributed by atoms with Crippen molar-refractivity contribution in [1.29, 1.82) is 0 Å². The van der Waals surface area contributed by atoms with Gasteiger partial charge >= 0.3 is 6.03 Å². The molecular weight excluding hydrogens is 360 g/mol. The van der Waals surface area contributed by atoms with Crippen molar-refractivity contribution in [2.75, 3.05) is 22.7 Å². The molecule has 0 unspecified atom stereocenters. The van der Waals surface area contributed by atoms with E-state index in [4.69, 9.17) is 0 Å². The predicted octanol–water partition coefficient (Wildman–Crippen LogP) is 1.71. The Kier molecular flexibility index (Phi) is 5.54. The van der Waals surface area contributed by atoms with Gasteiger partial charge in [0.2, 0.25) is 5.84 Å². The van der Waals surface area contributed by atoms with E-state index in [0.717, 1.165) is 0 Å². The fourth-order valence-corrected chi connectivity index (χ4v) is 2.52. The summed E-state index contributed by atoms with van der Waals surface area (Å²) in [6, 6.07) is 14.5. The van der Waals surface area contributed by atoms with Gasteiger partial charge in [-0.2, -0.15) is 0 Å². The lowest BCUT2D eigenvalue weighted by Crippen LogP contribution is -2.57. The molecule has 1 aliphatic rings. The fraction of sp³-hybridized carbons (Fsp3) is 0.158. The number of aliphatic imine (C=N–C) groups is 1. The third-order valence-corrected chi connectivity index (χ3v) is 3.98. The topological polar surface area (TPSA) is 115 Å². The van der Waals surface area contributed by atoms with Gasteiger partial charge < -0.3 is 16.0 Å². The van der Waals surface area contributed by atoms with Gasteiger partial charge in [0, 0.05) is 18.4 Å². The number of amidine groups is 1. The largest absolute Gasteiger partial charge is 0.341 e. The zero-order chi connectivity index (χ0) is 20.1. The van der Waals surface area contributed by atoms with Crippen molar-refractivity contribution < 1.29 is 14.4 Å². The van der Waals surface area contributed by atoms with Crippen LogP contribution in [-0.4, -0.2) is 36.8 Å². The SMILES string of the molecule is CNC(=O)Nc1ccc(NC(=O)C2=N[C@H](C)C(=O)N(c3ccccc3)N2)cc1. The molecule has 144 valence electrons. The van der Waals surface area contributed by atoms with Crippen LogP contribution in [0.1, 0.15) is 6.92 Å². The number of rotatable bonds is 4. The number of hydrogen-bond acceptors (Lipinski definition) is 5. The lowest BCUT2D eigenvalue weighted by molar-refractivity contribution is -0.120. The summed E-state index contributed by atoms with van der Waals surface area (Å²) in [6.45, 7) is 1.63. The molecule has 2 aromatic rings. The maximum atomic E-state index is 12.6.